The zero-order chi connectivity index (χ0) is 12.3. The summed E-state index contributed by atoms with van der Waals surface area (Å²) in [5.74, 6) is 1.28. The van der Waals surface area contributed by atoms with Crippen LogP contribution >= 0.6 is 24.8 Å². The van der Waals surface area contributed by atoms with E-state index in [1.54, 1.807) is 12.1 Å². The Morgan fingerprint density at radius 2 is 1.80 bits per heavy atom. The quantitative estimate of drug-likeness (QED) is 0.388. The molecule has 112 valence electrons. The van der Waals surface area contributed by atoms with Gasteiger partial charge in [-0.3, -0.25) is 0 Å². The van der Waals surface area contributed by atoms with Crippen molar-refractivity contribution in [2.45, 2.75) is 0 Å². The van der Waals surface area contributed by atoms with Gasteiger partial charge in [0.2, 0.25) is 5.84 Å². The van der Waals surface area contributed by atoms with Gasteiger partial charge in [0.15, 0.2) is 5.76 Å². The molecule has 8 heteroatoms. The lowest BCUT2D eigenvalue weighted by Crippen LogP contribution is -2.12. The molecule has 2 rings (SSSR count). The average Bonchev–Trinajstić information content (AvgIpc) is 2.79. The largest absolute Gasteiger partial charge is 0.453 e. The van der Waals surface area contributed by atoms with Gasteiger partial charge in [0, 0.05) is 11.3 Å². The van der Waals surface area contributed by atoms with Crippen LogP contribution in [0.25, 0.3) is 11.3 Å². The van der Waals surface area contributed by atoms with Crippen molar-refractivity contribution < 1.29 is 14.7 Å². The number of benzene rings is 1. The molecule has 1 aromatic heterocycles. The highest BCUT2D eigenvalue weighted by atomic mass is 35.5. The SMILES string of the molecule is CON=C(N)c1ccc(-c2ccccc2N)o1.Cl.Cl.O. The van der Waals surface area contributed by atoms with E-state index >= 15 is 0 Å². The Labute approximate surface area is 128 Å². The van der Waals surface area contributed by atoms with Gasteiger partial charge < -0.3 is 26.2 Å². The lowest BCUT2D eigenvalue weighted by molar-refractivity contribution is 0.212. The van der Waals surface area contributed by atoms with Crippen LogP contribution in [0.4, 0.5) is 5.69 Å². The van der Waals surface area contributed by atoms with E-state index in [0.717, 1.165) is 5.56 Å². The maximum Gasteiger partial charge on any atom is 0.206 e. The summed E-state index contributed by atoms with van der Waals surface area (Å²) in [5, 5.41) is 3.59. The maximum absolute atomic E-state index is 5.85. The van der Waals surface area contributed by atoms with Crippen molar-refractivity contribution >= 4 is 36.3 Å². The minimum absolute atomic E-state index is 0. The van der Waals surface area contributed by atoms with Gasteiger partial charge in [-0.05, 0) is 24.3 Å². The van der Waals surface area contributed by atoms with Crippen molar-refractivity contribution in [1.29, 1.82) is 0 Å². The van der Waals surface area contributed by atoms with E-state index in [-0.39, 0.29) is 36.1 Å². The summed E-state index contributed by atoms with van der Waals surface area (Å²) >= 11 is 0. The van der Waals surface area contributed by atoms with Crippen LogP contribution in [0, 0.1) is 0 Å². The van der Waals surface area contributed by atoms with E-state index in [9.17, 15) is 0 Å². The number of nitrogens with two attached hydrogens (primary N) is 2. The van der Waals surface area contributed by atoms with E-state index in [1.807, 2.05) is 24.3 Å². The minimum atomic E-state index is 0. The number of nitrogens with zero attached hydrogens (tertiary/aromatic N) is 1. The molecule has 0 radical (unpaired) electrons. The predicted octanol–water partition coefficient (Wildman–Crippen LogP) is 1.81. The smallest absolute Gasteiger partial charge is 0.206 e. The molecule has 0 saturated heterocycles. The fraction of sp³-hybridized carbons (Fsp3) is 0.0833. The van der Waals surface area contributed by atoms with Crippen LogP contribution < -0.4 is 11.5 Å². The Morgan fingerprint density at radius 1 is 1.15 bits per heavy atom. The van der Waals surface area contributed by atoms with Crippen molar-refractivity contribution in [3.8, 4) is 11.3 Å². The number of anilines is 1. The summed E-state index contributed by atoms with van der Waals surface area (Å²) in [4.78, 5) is 4.57. The number of oxime groups is 1. The van der Waals surface area contributed by atoms with Crippen molar-refractivity contribution in [1.82, 2.24) is 0 Å². The zero-order valence-corrected chi connectivity index (χ0v) is 12.3. The second kappa shape index (κ2) is 9.08. The maximum atomic E-state index is 5.85. The van der Waals surface area contributed by atoms with E-state index in [1.165, 1.54) is 7.11 Å². The molecule has 0 fully saturated rings. The molecule has 0 bridgehead atoms. The van der Waals surface area contributed by atoms with Crippen LogP contribution in [0.3, 0.4) is 0 Å². The Balaban J connectivity index is 0. The first kappa shape index (κ1) is 20.4. The molecule has 0 saturated carbocycles. The highest BCUT2D eigenvalue weighted by Gasteiger charge is 2.09. The van der Waals surface area contributed by atoms with Gasteiger partial charge in [-0.2, -0.15) is 0 Å². The van der Waals surface area contributed by atoms with Gasteiger partial charge >= 0.3 is 0 Å². The molecule has 1 heterocycles. The molecular weight excluding hydrogens is 305 g/mol. The van der Waals surface area contributed by atoms with Gasteiger partial charge in [0.05, 0.1) is 0 Å². The fourth-order valence-corrected chi connectivity index (χ4v) is 1.49. The monoisotopic (exact) mass is 321 g/mol. The van der Waals surface area contributed by atoms with Gasteiger partial charge in [-0.15, -0.1) is 24.8 Å². The van der Waals surface area contributed by atoms with Crippen molar-refractivity contribution in [3.05, 3.63) is 42.2 Å². The summed E-state index contributed by atoms with van der Waals surface area (Å²) < 4.78 is 5.55. The topological polar surface area (TPSA) is 118 Å². The van der Waals surface area contributed by atoms with Crippen LogP contribution in [0.2, 0.25) is 0 Å². The van der Waals surface area contributed by atoms with Crippen molar-refractivity contribution in [2.24, 2.45) is 10.9 Å². The number of halogens is 2. The van der Waals surface area contributed by atoms with Gasteiger partial charge in [0.1, 0.15) is 12.9 Å². The Hall–Kier alpha value is -1.89. The number of hydrogen-bond acceptors (Lipinski definition) is 4. The number of para-hydroxylation sites is 1. The second-order valence-electron chi connectivity index (χ2n) is 3.41. The van der Waals surface area contributed by atoms with Gasteiger partial charge in [-0.25, -0.2) is 0 Å². The standard InChI is InChI=1S/C12H13N3O2.2ClH.H2O/c1-16-15-12(14)11-7-6-10(17-11)8-4-2-3-5-9(8)13;;;/h2-7H,13H2,1H3,(H2,14,15);2*1H;1H2. The second-order valence-corrected chi connectivity index (χ2v) is 3.41. The summed E-state index contributed by atoms with van der Waals surface area (Å²) in [5.41, 5.74) is 13.0. The van der Waals surface area contributed by atoms with Crippen LogP contribution in [0.1, 0.15) is 5.76 Å². The number of nitrogen functional groups attached to an aromatic ring is 1. The molecule has 6 nitrogen and oxygen atoms in total. The van der Waals surface area contributed by atoms with E-state index in [4.69, 9.17) is 15.9 Å². The molecule has 6 N–H and O–H groups in total. The fourth-order valence-electron chi connectivity index (χ4n) is 1.49. The summed E-state index contributed by atoms with van der Waals surface area (Å²) in [6, 6.07) is 11.0. The van der Waals surface area contributed by atoms with Crippen LogP contribution in [-0.4, -0.2) is 18.4 Å². The van der Waals surface area contributed by atoms with E-state index in [2.05, 4.69) is 9.99 Å². The lowest BCUT2D eigenvalue weighted by atomic mass is 10.1. The third-order valence-corrected chi connectivity index (χ3v) is 2.27. The molecule has 0 aliphatic rings. The third kappa shape index (κ3) is 4.34. The first-order chi connectivity index (χ1) is 8.22. The molecule has 2 aromatic rings. The highest BCUT2D eigenvalue weighted by Crippen LogP contribution is 2.27. The zero-order valence-electron chi connectivity index (χ0n) is 10.7. The summed E-state index contributed by atoms with van der Waals surface area (Å²) in [6.07, 6.45) is 0. The van der Waals surface area contributed by atoms with Crippen LogP contribution in [-0.2, 0) is 4.84 Å². The Morgan fingerprint density at radius 3 is 2.40 bits per heavy atom. The number of amidine groups is 1. The summed E-state index contributed by atoms with van der Waals surface area (Å²) in [7, 11) is 1.42. The summed E-state index contributed by atoms with van der Waals surface area (Å²) in [6.45, 7) is 0. The first-order valence-electron chi connectivity index (χ1n) is 5.04. The Bertz CT molecular complexity index is 558. The molecular formula is C12H17Cl2N3O3. The molecule has 0 atom stereocenters. The van der Waals surface area contributed by atoms with Crippen molar-refractivity contribution in [2.75, 3.05) is 12.8 Å². The number of hydrogen-bond donors (Lipinski definition) is 2. The van der Waals surface area contributed by atoms with E-state index < -0.39 is 0 Å². The Kier molecular flexibility index (Phi) is 9.28. The molecule has 0 spiro atoms. The van der Waals surface area contributed by atoms with Gasteiger partial charge in [-0.1, -0.05) is 17.3 Å². The molecule has 0 amide bonds. The lowest BCUT2D eigenvalue weighted by Gasteiger charge is -2.01. The van der Waals surface area contributed by atoms with Crippen LogP contribution in [0.15, 0.2) is 46.0 Å². The molecule has 20 heavy (non-hydrogen) atoms. The minimum Gasteiger partial charge on any atom is -0.453 e. The first-order valence-corrected chi connectivity index (χ1v) is 5.04. The average molecular weight is 322 g/mol. The molecule has 0 aliphatic carbocycles. The normalized spacial score (nSPS) is 9.75. The van der Waals surface area contributed by atoms with Gasteiger partial charge in [0.25, 0.3) is 0 Å². The van der Waals surface area contributed by atoms with Crippen LogP contribution in [0.5, 0.6) is 0 Å². The highest BCUT2D eigenvalue weighted by molar-refractivity contribution is 5.95. The third-order valence-electron chi connectivity index (χ3n) is 2.27. The number of furan rings is 1. The molecule has 0 unspecified atom stereocenters. The van der Waals surface area contributed by atoms with E-state index in [0.29, 0.717) is 17.2 Å². The molecule has 1 aromatic carbocycles. The van der Waals surface area contributed by atoms with Crippen molar-refractivity contribution in [3.63, 3.8) is 0 Å². The molecule has 0 aliphatic heterocycles. The number of rotatable bonds is 3. The predicted molar refractivity (Wildman–Crippen MR) is 84.4 cm³/mol.